The second-order valence-electron chi connectivity index (χ2n) is 7.97. The lowest BCUT2D eigenvalue weighted by molar-refractivity contribution is 0.401. The highest BCUT2D eigenvalue weighted by molar-refractivity contribution is 7.92. The third-order valence-electron chi connectivity index (χ3n) is 5.01. The lowest BCUT2D eigenvalue weighted by Crippen LogP contribution is -2.35. The van der Waals surface area contributed by atoms with E-state index in [-0.39, 0.29) is 5.03 Å². The zero-order chi connectivity index (χ0) is 18.8. The summed E-state index contributed by atoms with van der Waals surface area (Å²) in [6.45, 7) is 6.88. The van der Waals surface area contributed by atoms with Crippen molar-refractivity contribution >= 4 is 15.7 Å². The van der Waals surface area contributed by atoms with Gasteiger partial charge in [-0.25, -0.2) is 8.42 Å². The Morgan fingerprint density at radius 2 is 1.65 bits per heavy atom. The lowest BCUT2D eigenvalue weighted by Gasteiger charge is -2.32. The minimum Gasteiger partial charge on any atom is -0.355 e. The second-order valence-corrected chi connectivity index (χ2v) is 10.6. The molecule has 1 aliphatic heterocycles. The number of piperidine rings is 1. The molecule has 0 unspecified atom stereocenters. The highest BCUT2D eigenvalue weighted by Crippen LogP contribution is 2.26. The Morgan fingerprint density at radius 3 is 2.19 bits per heavy atom. The van der Waals surface area contributed by atoms with Crippen LogP contribution in [0.4, 0.5) is 5.82 Å². The Kier molecular flexibility index (Phi) is 5.32. The van der Waals surface area contributed by atoms with Crippen molar-refractivity contribution in [1.82, 2.24) is 10.2 Å². The van der Waals surface area contributed by atoms with Crippen LogP contribution in [0.25, 0.3) is 0 Å². The molecule has 0 bridgehead atoms. The van der Waals surface area contributed by atoms with E-state index in [0.717, 1.165) is 38.2 Å². The summed E-state index contributed by atoms with van der Waals surface area (Å²) in [6, 6.07) is 14.0. The Hall–Kier alpha value is -1.95. The van der Waals surface area contributed by atoms with Crippen LogP contribution in [-0.4, -0.2) is 36.5 Å². The van der Waals surface area contributed by atoms with Gasteiger partial charge in [0.1, 0.15) is 0 Å². The number of hydrogen-bond donors (Lipinski definition) is 0. The summed E-state index contributed by atoms with van der Waals surface area (Å²) in [5, 5.41) is 8.24. The maximum Gasteiger partial charge on any atom is 0.202 e. The summed E-state index contributed by atoms with van der Waals surface area (Å²) < 4.78 is 24.0. The van der Waals surface area contributed by atoms with E-state index in [9.17, 15) is 8.42 Å². The minimum absolute atomic E-state index is 0.0488. The van der Waals surface area contributed by atoms with Crippen molar-refractivity contribution in [2.75, 3.05) is 18.0 Å². The fourth-order valence-corrected chi connectivity index (χ4v) is 4.28. The zero-order valence-electron chi connectivity index (χ0n) is 15.7. The van der Waals surface area contributed by atoms with Gasteiger partial charge in [-0.1, -0.05) is 30.3 Å². The van der Waals surface area contributed by atoms with Crippen LogP contribution >= 0.6 is 0 Å². The SMILES string of the molecule is CC(C)(C)S(=O)(=O)c1ccc(N2CCC(Cc3ccccc3)CC2)nn1. The third-order valence-corrected chi connectivity index (χ3v) is 7.39. The van der Waals surface area contributed by atoms with E-state index in [4.69, 9.17) is 0 Å². The van der Waals surface area contributed by atoms with Gasteiger partial charge in [-0.05, 0) is 63.6 Å². The summed E-state index contributed by atoms with van der Waals surface area (Å²) in [4.78, 5) is 2.20. The Balaban J connectivity index is 1.61. The number of sulfone groups is 1. The third kappa shape index (κ3) is 4.06. The second kappa shape index (κ2) is 7.35. The number of benzene rings is 1. The molecule has 2 heterocycles. The first kappa shape index (κ1) is 18.8. The molecule has 0 amide bonds. The first-order valence-electron chi connectivity index (χ1n) is 9.14. The largest absolute Gasteiger partial charge is 0.355 e. The van der Waals surface area contributed by atoms with Gasteiger partial charge in [-0.3, -0.25) is 0 Å². The summed E-state index contributed by atoms with van der Waals surface area (Å²) in [5.74, 6) is 1.44. The predicted molar refractivity (Wildman–Crippen MR) is 104 cm³/mol. The van der Waals surface area contributed by atoms with E-state index in [0.29, 0.717) is 5.92 Å². The van der Waals surface area contributed by atoms with Gasteiger partial charge in [0.2, 0.25) is 9.84 Å². The first-order valence-corrected chi connectivity index (χ1v) is 10.6. The number of rotatable bonds is 4. The van der Waals surface area contributed by atoms with E-state index >= 15 is 0 Å². The van der Waals surface area contributed by atoms with Gasteiger partial charge in [0.15, 0.2) is 10.8 Å². The Morgan fingerprint density at radius 1 is 1.00 bits per heavy atom. The number of anilines is 1. The molecule has 6 heteroatoms. The molecule has 1 aromatic carbocycles. The molecule has 0 atom stereocenters. The van der Waals surface area contributed by atoms with Crippen molar-refractivity contribution in [2.45, 2.75) is 49.8 Å². The molecule has 1 aliphatic rings. The van der Waals surface area contributed by atoms with Crippen molar-refractivity contribution < 1.29 is 8.42 Å². The van der Waals surface area contributed by atoms with Crippen LogP contribution < -0.4 is 4.90 Å². The van der Waals surface area contributed by atoms with Crippen molar-refractivity contribution in [3.8, 4) is 0 Å². The van der Waals surface area contributed by atoms with Crippen LogP contribution in [-0.2, 0) is 16.3 Å². The average molecular weight is 374 g/mol. The van der Waals surface area contributed by atoms with Crippen molar-refractivity contribution in [1.29, 1.82) is 0 Å². The lowest BCUT2D eigenvalue weighted by atomic mass is 9.90. The van der Waals surface area contributed by atoms with Gasteiger partial charge in [-0.2, -0.15) is 0 Å². The summed E-state index contributed by atoms with van der Waals surface area (Å²) in [6.07, 6.45) is 3.33. The maximum absolute atomic E-state index is 12.4. The van der Waals surface area contributed by atoms with Crippen LogP contribution in [0, 0.1) is 5.92 Å². The quantitative estimate of drug-likeness (QED) is 0.821. The number of hydrogen-bond acceptors (Lipinski definition) is 5. The molecule has 1 fully saturated rings. The topological polar surface area (TPSA) is 63.2 Å². The van der Waals surface area contributed by atoms with Crippen LogP contribution in [0.2, 0.25) is 0 Å². The normalized spacial score (nSPS) is 16.7. The zero-order valence-corrected chi connectivity index (χ0v) is 16.5. The molecule has 5 nitrogen and oxygen atoms in total. The highest BCUT2D eigenvalue weighted by atomic mass is 32.2. The van der Waals surface area contributed by atoms with Gasteiger partial charge in [0.25, 0.3) is 0 Å². The van der Waals surface area contributed by atoms with Gasteiger partial charge < -0.3 is 4.90 Å². The highest BCUT2D eigenvalue weighted by Gasteiger charge is 2.32. The molecule has 3 rings (SSSR count). The smallest absolute Gasteiger partial charge is 0.202 e. The minimum atomic E-state index is -3.46. The molecule has 1 aromatic heterocycles. The molecule has 26 heavy (non-hydrogen) atoms. The van der Waals surface area contributed by atoms with Crippen LogP contribution in [0.15, 0.2) is 47.5 Å². The maximum atomic E-state index is 12.4. The molecule has 0 N–H and O–H groups in total. The standard InChI is InChI=1S/C20H27N3O2S/c1-20(2,3)26(24,25)19-10-9-18(21-22-19)23-13-11-17(12-14-23)15-16-7-5-4-6-8-16/h4-10,17H,11-15H2,1-3H3. The molecule has 140 valence electrons. The monoisotopic (exact) mass is 373 g/mol. The molecule has 0 radical (unpaired) electrons. The molecule has 0 saturated carbocycles. The van der Waals surface area contributed by atoms with Gasteiger partial charge in [0.05, 0.1) is 4.75 Å². The Bertz CT molecular complexity index is 820. The van der Waals surface area contributed by atoms with E-state index in [1.807, 2.05) is 6.07 Å². The Labute approximate surface area is 156 Å². The van der Waals surface area contributed by atoms with Gasteiger partial charge in [0, 0.05) is 13.1 Å². The van der Waals surface area contributed by atoms with E-state index in [1.54, 1.807) is 32.9 Å². The number of aromatic nitrogens is 2. The van der Waals surface area contributed by atoms with Crippen molar-refractivity contribution in [2.24, 2.45) is 5.92 Å². The fourth-order valence-electron chi connectivity index (χ4n) is 3.25. The van der Waals surface area contributed by atoms with Crippen LogP contribution in [0.1, 0.15) is 39.2 Å². The molecular weight excluding hydrogens is 346 g/mol. The van der Waals surface area contributed by atoms with Crippen molar-refractivity contribution in [3.63, 3.8) is 0 Å². The van der Waals surface area contributed by atoms with Crippen LogP contribution in [0.3, 0.4) is 0 Å². The molecule has 1 saturated heterocycles. The van der Waals surface area contributed by atoms with E-state index in [1.165, 1.54) is 5.56 Å². The molecule has 0 aliphatic carbocycles. The van der Waals surface area contributed by atoms with E-state index in [2.05, 4.69) is 39.4 Å². The van der Waals surface area contributed by atoms with Crippen LogP contribution in [0.5, 0.6) is 0 Å². The molecule has 0 spiro atoms. The summed E-state index contributed by atoms with van der Waals surface area (Å²) in [5.41, 5.74) is 1.39. The average Bonchev–Trinajstić information content (AvgIpc) is 2.62. The predicted octanol–water partition coefficient (Wildman–Crippen LogP) is 3.51. The fraction of sp³-hybridized carbons (Fsp3) is 0.500. The first-order chi connectivity index (χ1) is 12.3. The summed E-state index contributed by atoms with van der Waals surface area (Å²) in [7, 11) is -3.46. The van der Waals surface area contributed by atoms with E-state index < -0.39 is 14.6 Å². The number of nitrogens with zero attached hydrogens (tertiary/aromatic N) is 3. The van der Waals surface area contributed by atoms with Gasteiger partial charge in [-0.15, -0.1) is 10.2 Å². The molecular formula is C20H27N3O2S. The summed E-state index contributed by atoms with van der Waals surface area (Å²) >= 11 is 0. The molecule has 2 aromatic rings. The van der Waals surface area contributed by atoms with Gasteiger partial charge >= 0.3 is 0 Å². The van der Waals surface area contributed by atoms with Crippen molar-refractivity contribution in [3.05, 3.63) is 48.0 Å².